The van der Waals surface area contributed by atoms with E-state index in [1.54, 1.807) is 0 Å². The minimum atomic E-state index is -3.63. The molecular formula is H3Na3O9Si3. The van der Waals surface area contributed by atoms with E-state index < -0.39 is 27.5 Å². The Morgan fingerprint density at radius 3 is 1.00 bits per heavy atom. The molecule has 0 aromatic carbocycles. The van der Waals surface area contributed by atoms with Gasteiger partial charge in [-0.05, 0) is 0 Å². The van der Waals surface area contributed by atoms with Gasteiger partial charge in [-0.1, -0.05) is 0 Å². The predicted octanol–water partition coefficient (Wildman–Crippen LogP) is -14.2. The molecule has 0 radical (unpaired) electrons. The molecule has 0 unspecified atom stereocenters. The van der Waals surface area contributed by atoms with Gasteiger partial charge >= 0.3 is 107 Å². The molecule has 0 aliphatic carbocycles. The maximum atomic E-state index is 9.44. The quantitative estimate of drug-likeness (QED) is 0.468. The first-order chi connectivity index (χ1) is 4.86. The van der Waals surface area contributed by atoms with Crippen molar-refractivity contribution in [2.75, 3.05) is 0 Å². The molecule has 0 aromatic rings. The molecule has 0 atom stereocenters. The number of rotatable bonds is 2. The van der Waals surface area contributed by atoms with Crippen LogP contribution in [0.1, 0.15) is 0 Å². The molecule has 0 heterocycles. The third-order valence-corrected chi connectivity index (χ3v) is 1.57. The summed E-state index contributed by atoms with van der Waals surface area (Å²) in [6.07, 6.45) is 0. The van der Waals surface area contributed by atoms with Gasteiger partial charge in [0.15, 0.2) is 0 Å². The van der Waals surface area contributed by atoms with E-state index in [2.05, 4.69) is 4.12 Å². The number of hydrogen-bond acceptors (Lipinski definition) is 7. The third kappa shape index (κ3) is 87.0. The second-order valence-electron chi connectivity index (χ2n) is 0.884. The van der Waals surface area contributed by atoms with Crippen molar-refractivity contribution in [3.05, 3.63) is 0 Å². The van der Waals surface area contributed by atoms with Crippen molar-refractivity contribution in [3.8, 4) is 0 Å². The summed E-state index contributed by atoms with van der Waals surface area (Å²) in [6, 6.07) is 0. The summed E-state index contributed by atoms with van der Waals surface area (Å²) < 4.78 is 30.8. The first-order valence-corrected chi connectivity index (χ1v) is 5.63. The summed E-state index contributed by atoms with van der Waals surface area (Å²) in [6.45, 7) is 0. The molecule has 0 fully saturated rings. The van der Waals surface area contributed by atoms with Gasteiger partial charge in [0.1, 0.15) is 0 Å². The summed E-state index contributed by atoms with van der Waals surface area (Å²) in [5, 5.41) is 0. The zero-order chi connectivity index (χ0) is 9.44. The van der Waals surface area contributed by atoms with E-state index in [0.717, 1.165) is 0 Å². The molecule has 0 bridgehead atoms. The third-order valence-electron chi connectivity index (χ3n) is 0.175. The SMILES string of the molecule is O=[Si](O)O[Si](=O)O.O=[Si]([O-])[O-].[Na+].[Na+].[Na+].[OH-]. The molecule has 0 amide bonds. The largest absolute Gasteiger partial charge is 1.00 e. The molecule has 0 spiro atoms. The standard InChI is InChI=1S/3Na.H2O5Si2.O3Si.H2O/c;;;1-6(2)5-7(3)4;1-4(2)3;/h;;;1,3H;;1H2/q3*+1;;-2;/p-1. The summed E-state index contributed by atoms with van der Waals surface area (Å²) in [7, 11) is -10.0. The molecule has 15 heteroatoms. The van der Waals surface area contributed by atoms with E-state index in [1.165, 1.54) is 0 Å². The van der Waals surface area contributed by atoms with Gasteiger partial charge in [0.25, 0.3) is 0 Å². The minimum absolute atomic E-state index is 0. The molecule has 0 saturated carbocycles. The normalized spacial score (nSPS) is 5.07. The van der Waals surface area contributed by atoms with E-state index in [1.807, 2.05) is 0 Å². The molecule has 15 heavy (non-hydrogen) atoms. The summed E-state index contributed by atoms with van der Waals surface area (Å²) >= 11 is 0. The second-order valence-corrected chi connectivity index (χ2v) is 3.26. The van der Waals surface area contributed by atoms with Gasteiger partial charge in [-0.3, -0.25) is 8.92 Å². The summed E-state index contributed by atoms with van der Waals surface area (Å²) in [4.78, 5) is 32.5. The van der Waals surface area contributed by atoms with Gasteiger partial charge in [-0.2, -0.15) is 0 Å². The Morgan fingerprint density at radius 1 is 0.867 bits per heavy atom. The molecule has 0 rings (SSSR count). The second kappa shape index (κ2) is 25.0. The Morgan fingerprint density at radius 2 is 1.00 bits per heavy atom. The van der Waals surface area contributed by atoms with Crippen LogP contribution in [0.15, 0.2) is 0 Å². The van der Waals surface area contributed by atoms with Crippen molar-refractivity contribution < 1.29 is 131 Å². The van der Waals surface area contributed by atoms with E-state index in [-0.39, 0.29) is 94.1 Å². The molecule has 3 N–H and O–H groups in total. The minimum Gasteiger partial charge on any atom is -0.870 e. The molecule has 0 aliphatic heterocycles. The zero-order valence-electron chi connectivity index (χ0n) is 8.29. The van der Waals surface area contributed by atoms with Crippen LogP contribution in [0.4, 0.5) is 0 Å². The molecule has 72 valence electrons. The van der Waals surface area contributed by atoms with E-state index in [0.29, 0.717) is 0 Å². The monoisotopic (exact) mass is 300 g/mol. The molecular weight excluding hydrogens is 297 g/mol. The van der Waals surface area contributed by atoms with Crippen LogP contribution in [0.5, 0.6) is 0 Å². The topological polar surface area (TPSA) is 177 Å². The first kappa shape index (κ1) is 36.0. The van der Waals surface area contributed by atoms with Gasteiger partial charge in [0, 0.05) is 9.17 Å². The van der Waals surface area contributed by atoms with Crippen molar-refractivity contribution in [2.24, 2.45) is 0 Å². The summed E-state index contributed by atoms with van der Waals surface area (Å²) in [5.41, 5.74) is 0. The Kier molecular flexibility index (Phi) is 60.0. The number of hydrogen-bond donors (Lipinski definition) is 2. The summed E-state index contributed by atoms with van der Waals surface area (Å²) in [5.74, 6) is 0. The predicted molar refractivity (Wildman–Crippen MR) is 26.8 cm³/mol. The average molecular weight is 300 g/mol. The van der Waals surface area contributed by atoms with E-state index >= 15 is 0 Å². The zero-order valence-corrected chi connectivity index (χ0v) is 17.3. The fourth-order valence-electron chi connectivity index (χ4n) is 0.0747. The van der Waals surface area contributed by atoms with Gasteiger partial charge in [-0.25, -0.2) is 0 Å². The van der Waals surface area contributed by atoms with Gasteiger partial charge in [-0.15, -0.1) is 0 Å². The smallest absolute Gasteiger partial charge is 0.870 e. The van der Waals surface area contributed by atoms with Crippen LogP contribution in [0.3, 0.4) is 0 Å². The molecule has 9 nitrogen and oxygen atoms in total. The molecule has 0 aromatic heterocycles. The van der Waals surface area contributed by atoms with Crippen LogP contribution in [-0.4, -0.2) is 42.6 Å². The van der Waals surface area contributed by atoms with Crippen molar-refractivity contribution in [2.45, 2.75) is 0 Å². The van der Waals surface area contributed by atoms with Crippen LogP contribution in [0.25, 0.3) is 0 Å². The fraction of sp³-hybridized carbons (Fsp3) is 0. The van der Waals surface area contributed by atoms with Crippen molar-refractivity contribution in [1.29, 1.82) is 0 Å². The van der Waals surface area contributed by atoms with E-state index in [4.69, 9.17) is 23.6 Å². The Bertz CT molecular complexity index is 154. The van der Waals surface area contributed by atoms with Crippen LogP contribution >= 0.6 is 0 Å². The molecule has 0 saturated heterocycles. The Balaban J connectivity index is -0.0000000230. The van der Waals surface area contributed by atoms with Gasteiger partial charge in [0.2, 0.25) is 0 Å². The fourth-order valence-corrected chi connectivity index (χ4v) is 0.672. The Hall–Kier alpha value is 2.01. The molecule has 0 aliphatic rings. The van der Waals surface area contributed by atoms with Crippen LogP contribution < -0.4 is 98.3 Å². The van der Waals surface area contributed by atoms with E-state index in [9.17, 15) is 8.92 Å². The van der Waals surface area contributed by atoms with Crippen LogP contribution in [0, 0.1) is 0 Å². The van der Waals surface area contributed by atoms with Crippen molar-refractivity contribution in [1.82, 2.24) is 0 Å². The van der Waals surface area contributed by atoms with Crippen molar-refractivity contribution >= 4 is 27.5 Å². The van der Waals surface area contributed by atoms with Gasteiger partial charge < -0.3 is 33.2 Å². The van der Waals surface area contributed by atoms with Crippen LogP contribution in [-0.2, 0) is 17.5 Å². The Labute approximate surface area is 156 Å². The van der Waals surface area contributed by atoms with Crippen molar-refractivity contribution in [3.63, 3.8) is 0 Å². The average Bonchev–Trinajstić information content (AvgIpc) is 1.56. The van der Waals surface area contributed by atoms with Crippen LogP contribution in [0.2, 0.25) is 0 Å². The van der Waals surface area contributed by atoms with Gasteiger partial charge in [0.05, 0.1) is 0 Å². The maximum Gasteiger partial charge on any atom is 1.00 e. The first-order valence-electron chi connectivity index (χ1n) is 1.88. The maximum absolute atomic E-state index is 9.44.